The second-order valence-electron chi connectivity index (χ2n) is 4.67. The Morgan fingerprint density at radius 2 is 2.00 bits per heavy atom. The van der Waals surface area contributed by atoms with E-state index in [0.717, 1.165) is 4.88 Å². The van der Waals surface area contributed by atoms with Crippen molar-refractivity contribution in [3.05, 3.63) is 59.1 Å². The van der Waals surface area contributed by atoms with Gasteiger partial charge in [0.05, 0.1) is 4.88 Å². The second kappa shape index (κ2) is 6.45. The molecular formula is C16H13N3O3S. The van der Waals surface area contributed by atoms with E-state index in [1.165, 1.54) is 11.3 Å². The SMILES string of the molecule is CNC(=O)c1cccc(NC(=O)c2cc(-c3cccs3)on2)c1. The Balaban J connectivity index is 1.76. The third kappa shape index (κ3) is 3.29. The van der Waals surface area contributed by atoms with Gasteiger partial charge in [-0.25, -0.2) is 0 Å². The molecule has 0 fully saturated rings. The highest BCUT2D eigenvalue weighted by Gasteiger charge is 2.15. The molecule has 0 aliphatic carbocycles. The number of nitrogens with zero attached hydrogens (tertiary/aromatic N) is 1. The van der Waals surface area contributed by atoms with Crippen LogP contribution in [0, 0.1) is 0 Å². The fourth-order valence-corrected chi connectivity index (χ4v) is 2.67. The van der Waals surface area contributed by atoms with Gasteiger partial charge in [0, 0.05) is 24.4 Å². The maximum absolute atomic E-state index is 12.2. The van der Waals surface area contributed by atoms with E-state index in [-0.39, 0.29) is 11.6 Å². The Labute approximate surface area is 136 Å². The van der Waals surface area contributed by atoms with Crippen molar-refractivity contribution in [1.82, 2.24) is 10.5 Å². The molecule has 2 heterocycles. The fourth-order valence-electron chi connectivity index (χ4n) is 1.99. The summed E-state index contributed by atoms with van der Waals surface area (Å²) in [6.45, 7) is 0. The van der Waals surface area contributed by atoms with Gasteiger partial charge in [-0.1, -0.05) is 17.3 Å². The number of rotatable bonds is 4. The lowest BCUT2D eigenvalue weighted by atomic mass is 10.2. The maximum Gasteiger partial charge on any atom is 0.277 e. The van der Waals surface area contributed by atoms with E-state index >= 15 is 0 Å². The van der Waals surface area contributed by atoms with Crippen molar-refractivity contribution in [3.8, 4) is 10.6 Å². The summed E-state index contributed by atoms with van der Waals surface area (Å²) >= 11 is 1.50. The molecule has 3 aromatic rings. The molecule has 1 aromatic carbocycles. The van der Waals surface area contributed by atoms with Crippen LogP contribution in [0.5, 0.6) is 0 Å². The van der Waals surface area contributed by atoms with Gasteiger partial charge in [0.25, 0.3) is 11.8 Å². The van der Waals surface area contributed by atoms with Crippen LogP contribution in [0.25, 0.3) is 10.6 Å². The standard InChI is InChI=1S/C16H13N3O3S/c1-17-15(20)10-4-2-5-11(8-10)18-16(21)12-9-13(22-19-12)14-6-3-7-23-14/h2-9H,1H3,(H,17,20)(H,18,21). The van der Waals surface area contributed by atoms with Crippen LogP contribution in [0.3, 0.4) is 0 Å². The highest BCUT2D eigenvalue weighted by atomic mass is 32.1. The molecule has 0 saturated carbocycles. The van der Waals surface area contributed by atoms with E-state index in [9.17, 15) is 9.59 Å². The number of aromatic nitrogens is 1. The highest BCUT2D eigenvalue weighted by molar-refractivity contribution is 7.13. The van der Waals surface area contributed by atoms with Gasteiger partial charge < -0.3 is 15.2 Å². The number of anilines is 1. The molecular weight excluding hydrogens is 314 g/mol. The zero-order valence-corrected chi connectivity index (χ0v) is 13.0. The van der Waals surface area contributed by atoms with Gasteiger partial charge in [-0.2, -0.15) is 0 Å². The second-order valence-corrected chi connectivity index (χ2v) is 5.62. The Hall–Kier alpha value is -2.93. The monoisotopic (exact) mass is 327 g/mol. The van der Waals surface area contributed by atoms with E-state index in [2.05, 4.69) is 15.8 Å². The van der Waals surface area contributed by atoms with Crippen LogP contribution in [0.1, 0.15) is 20.8 Å². The molecule has 7 heteroatoms. The zero-order valence-electron chi connectivity index (χ0n) is 12.2. The third-order valence-corrected chi connectivity index (χ3v) is 4.00. The molecule has 0 spiro atoms. The van der Waals surface area contributed by atoms with Crippen molar-refractivity contribution in [1.29, 1.82) is 0 Å². The molecule has 116 valence electrons. The van der Waals surface area contributed by atoms with Gasteiger partial charge in [-0.15, -0.1) is 11.3 Å². The van der Waals surface area contributed by atoms with E-state index in [1.54, 1.807) is 37.4 Å². The Kier molecular flexibility index (Phi) is 4.20. The number of carbonyl (C=O) groups excluding carboxylic acids is 2. The third-order valence-electron chi connectivity index (χ3n) is 3.12. The van der Waals surface area contributed by atoms with Crippen LogP contribution in [0.2, 0.25) is 0 Å². The summed E-state index contributed by atoms with van der Waals surface area (Å²) < 4.78 is 5.18. The minimum absolute atomic E-state index is 0.179. The van der Waals surface area contributed by atoms with Crippen LogP contribution >= 0.6 is 11.3 Å². The number of hydrogen-bond acceptors (Lipinski definition) is 5. The minimum Gasteiger partial charge on any atom is -0.355 e. The van der Waals surface area contributed by atoms with Crippen molar-refractivity contribution < 1.29 is 14.1 Å². The Morgan fingerprint density at radius 3 is 2.74 bits per heavy atom. The van der Waals surface area contributed by atoms with Crippen molar-refractivity contribution in [2.75, 3.05) is 12.4 Å². The molecule has 0 atom stereocenters. The molecule has 0 saturated heterocycles. The Bertz CT molecular complexity index is 840. The van der Waals surface area contributed by atoms with E-state index in [4.69, 9.17) is 4.52 Å². The first-order chi connectivity index (χ1) is 11.2. The Morgan fingerprint density at radius 1 is 1.13 bits per heavy atom. The van der Waals surface area contributed by atoms with Crippen LogP contribution in [-0.2, 0) is 0 Å². The van der Waals surface area contributed by atoms with Crippen LogP contribution < -0.4 is 10.6 Å². The van der Waals surface area contributed by atoms with E-state index < -0.39 is 5.91 Å². The molecule has 0 aliphatic rings. The average Bonchev–Trinajstić information content (AvgIpc) is 3.25. The number of benzene rings is 1. The topological polar surface area (TPSA) is 84.2 Å². The summed E-state index contributed by atoms with van der Waals surface area (Å²) in [6, 6.07) is 12.0. The first-order valence-electron chi connectivity index (χ1n) is 6.81. The van der Waals surface area contributed by atoms with Gasteiger partial charge in [-0.3, -0.25) is 9.59 Å². The van der Waals surface area contributed by atoms with Gasteiger partial charge in [-0.05, 0) is 29.6 Å². The lowest BCUT2D eigenvalue weighted by Gasteiger charge is -2.05. The smallest absolute Gasteiger partial charge is 0.277 e. The van der Waals surface area contributed by atoms with E-state index in [1.807, 2.05) is 17.5 Å². The molecule has 3 rings (SSSR count). The number of amides is 2. The first kappa shape index (κ1) is 15.0. The lowest BCUT2D eigenvalue weighted by Crippen LogP contribution is -2.18. The minimum atomic E-state index is -0.398. The summed E-state index contributed by atoms with van der Waals surface area (Å²) in [5, 5.41) is 10.9. The molecule has 0 unspecified atom stereocenters. The molecule has 0 radical (unpaired) electrons. The zero-order chi connectivity index (χ0) is 16.2. The van der Waals surface area contributed by atoms with Crippen molar-refractivity contribution in [3.63, 3.8) is 0 Å². The molecule has 2 aromatic heterocycles. The molecule has 0 aliphatic heterocycles. The van der Waals surface area contributed by atoms with Gasteiger partial charge in [0.2, 0.25) is 0 Å². The summed E-state index contributed by atoms with van der Waals surface area (Å²) in [5.74, 6) is -0.0719. The molecule has 0 bridgehead atoms. The van der Waals surface area contributed by atoms with E-state index in [0.29, 0.717) is 17.0 Å². The predicted molar refractivity (Wildman–Crippen MR) is 87.6 cm³/mol. The number of nitrogens with one attached hydrogen (secondary N) is 2. The predicted octanol–water partition coefficient (Wildman–Crippen LogP) is 3.02. The lowest BCUT2D eigenvalue weighted by molar-refractivity contribution is 0.0961. The summed E-state index contributed by atoms with van der Waals surface area (Å²) in [4.78, 5) is 24.7. The fraction of sp³-hybridized carbons (Fsp3) is 0.0625. The average molecular weight is 327 g/mol. The number of carbonyl (C=O) groups is 2. The summed E-state index contributed by atoms with van der Waals surface area (Å²) in [5.41, 5.74) is 1.15. The largest absolute Gasteiger partial charge is 0.355 e. The van der Waals surface area contributed by atoms with Gasteiger partial charge in [0.15, 0.2) is 11.5 Å². The van der Waals surface area contributed by atoms with Gasteiger partial charge >= 0.3 is 0 Å². The first-order valence-corrected chi connectivity index (χ1v) is 7.69. The van der Waals surface area contributed by atoms with Crippen LogP contribution in [-0.4, -0.2) is 24.0 Å². The maximum atomic E-state index is 12.2. The van der Waals surface area contributed by atoms with Gasteiger partial charge in [0.1, 0.15) is 0 Å². The van der Waals surface area contributed by atoms with Crippen molar-refractivity contribution in [2.24, 2.45) is 0 Å². The number of thiophene rings is 1. The van der Waals surface area contributed by atoms with Crippen molar-refractivity contribution >= 4 is 28.8 Å². The summed E-state index contributed by atoms with van der Waals surface area (Å²) in [6.07, 6.45) is 0. The summed E-state index contributed by atoms with van der Waals surface area (Å²) in [7, 11) is 1.55. The molecule has 2 N–H and O–H groups in total. The number of hydrogen-bond donors (Lipinski definition) is 2. The molecule has 6 nitrogen and oxygen atoms in total. The van der Waals surface area contributed by atoms with Crippen LogP contribution in [0.15, 0.2) is 52.4 Å². The molecule has 23 heavy (non-hydrogen) atoms. The quantitative estimate of drug-likeness (QED) is 0.771. The molecule has 2 amide bonds. The normalized spacial score (nSPS) is 10.3. The van der Waals surface area contributed by atoms with Crippen molar-refractivity contribution in [2.45, 2.75) is 0 Å². The highest BCUT2D eigenvalue weighted by Crippen LogP contribution is 2.25. The van der Waals surface area contributed by atoms with Crippen LogP contribution in [0.4, 0.5) is 5.69 Å².